The van der Waals surface area contributed by atoms with Gasteiger partial charge >= 0.3 is 0 Å². The van der Waals surface area contributed by atoms with Gasteiger partial charge in [0.25, 0.3) is 16.1 Å². The Labute approximate surface area is 195 Å². The molecular formula is C19H24F3N5O5S2. The SMILES string of the molecule is CNS(=O)(=O)N1CCCC(C)(NS(=O)(=O)c2cn(C)c(C(=O)Nc3ccc(F)c(F)c3)c2F)C1. The van der Waals surface area contributed by atoms with Crippen molar-refractivity contribution in [3.05, 3.63) is 47.5 Å². The van der Waals surface area contributed by atoms with Crippen molar-refractivity contribution >= 4 is 31.8 Å². The average Bonchev–Trinajstić information content (AvgIpc) is 3.05. The molecule has 1 aromatic carbocycles. The molecule has 1 amide bonds. The molecule has 1 atom stereocenters. The molecule has 3 rings (SSSR count). The van der Waals surface area contributed by atoms with Crippen LogP contribution in [0.1, 0.15) is 30.3 Å². The van der Waals surface area contributed by atoms with Crippen LogP contribution in [-0.2, 0) is 27.3 Å². The molecule has 1 fully saturated rings. The van der Waals surface area contributed by atoms with E-state index in [2.05, 4.69) is 14.8 Å². The van der Waals surface area contributed by atoms with Crippen molar-refractivity contribution in [3.63, 3.8) is 0 Å². The number of amides is 1. The maximum atomic E-state index is 15.1. The summed E-state index contributed by atoms with van der Waals surface area (Å²) in [5, 5.41) is 2.19. The molecule has 10 nitrogen and oxygen atoms in total. The molecule has 0 aliphatic carbocycles. The number of piperidine rings is 1. The van der Waals surface area contributed by atoms with E-state index >= 15 is 4.39 Å². The first-order valence-electron chi connectivity index (χ1n) is 10.0. The van der Waals surface area contributed by atoms with E-state index < -0.39 is 59.7 Å². The Kier molecular flexibility index (Phi) is 7.15. The maximum absolute atomic E-state index is 15.1. The average molecular weight is 524 g/mol. The summed E-state index contributed by atoms with van der Waals surface area (Å²) in [6, 6.07) is 2.53. The van der Waals surface area contributed by atoms with E-state index in [4.69, 9.17) is 0 Å². The minimum Gasteiger partial charge on any atom is -0.343 e. The van der Waals surface area contributed by atoms with Gasteiger partial charge in [0.15, 0.2) is 17.5 Å². The molecule has 1 aliphatic heterocycles. The monoisotopic (exact) mass is 523 g/mol. The number of aromatic nitrogens is 1. The van der Waals surface area contributed by atoms with Crippen molar-refractivity contribution in [2.24, 2.45) is 7.05 Å². The molecule has 0 saturated carbocycles. The second kappa shape index (κ2) is 9.30. The summed E-state index contributed by atoms with van der Waals surface area (Å²) >= 11 is 0. The van der Waals surface area contributed by atoms with Gasteiger partial charge < -0.3 is 9.88 Å². The zero-order chi connectivity index (χ0) is 25.5. The number of rotatable bonds is 7. The molecule has 1 unspecified atom stereocenters. The van der Waals surface area contributed by atoms with Crippen molar-refractivity contribution in [2.45, 2.75) is 30.2 Å². The molecule has 2 heterocycles. The quantitative estimate of drug-likeness (QED) is 0.504. The van der Waals surface area contributed by atoms with Crippen LogP contribution in [0.5, 0.6) is 0 Å². The smallest absolute Gasteiger partial charge is 0.279 e. The third-order valence-corrected chi connectivity index (χ3v) is 8.54. The van der Waals surface area contributed by atoms with E-state index in [0.717, 1.165) is 27.2 Å². The lowest BCUT2D eigenvalue weighted by molar-refractivity contribution is 0.101. The zero-order valence-corrected chi connectivity index (χ0v) is 20.2. The van der Waals surface area contributed by atoms with Gasteiger partial charge in [-0.3, -0.25) is 4.79 Å². The van der Waals surface area contributed by atoms with Crippen LogP contribution in [0.3, 0.4) is 0 Å². The summed E-state index contributed by atoms with van der Waals surface area (Å²) in [6.45, 7) is 1.50. The van der Waals surface area contributed by atoms with E-state index in [1.807, 2.05) is 0 Å². The normalized spacial score (nSPS) is 19.8. The molecular weight excluding hydrogens is 499 g/mol. The van der Waals surface area contributed by atoms with Crippen LogP contribution in [0.2, 0.25) is 0 Å². The number of anilines is 1. The van der Waals surface area contributed by atoms with Crippen molar-refractivity contribution in [3.8, 4) is 0 Å². The van der Waals surface area contributed by atoms with Gasteiger partial charge in [-0.1, -0.05) is 0 Å². The molecule has 1 aromatic heterocycles. The first-order chi connectivity index (χ1) is 15.7. The van der Waals surface area contributed by atoms with Gasteiger partial charge in [-0.05, 0) is 31.9 Å². The first kappa shape index (κ1) is 26.2. The number of hydrogen-bond donors (Lipinski definition) is 3. The summed E-state index contributed by atoms with van der Waals surface area (Å²) in [7, 11) is -5.85. The first-order valence-corrected chi connectivity index (χ1v) is 13.0. The van der Waals surface area contributed by atoms with E-state index in [9.17, 15) is 30.4 Å². The lowest BCUT2D eigenvalue weighted by atomic mass is 9.94. The fourth-order valence-electron chi connectivity index (χ4n) is 3.77. The highest BCUT2D eigenvalue weighted by Gasteiger charge is 2.40. The number of carbonyl (C=O) groups excluding carboxylic acids is 1. The molecule has 2 aromatic rings. The fourth-order valence-corrected chi connectivity index (χ4v) is 6.41. The Hall–Kier alpha value is -2.46. The highest BCUT2D eigenvalue weighted by molar-refractivity contribution is 7.89. The third-order valence-electron chi connectivity index (χ3n) is 5.41. The summed E-state index contributed by atoms with van der Waals surface area (Å²) < 4.78 is 98.5. The number of halogens is 3. The number of carbonyl (C=O) groups is 1. The topological polar surface area (TPSA) is 130 Å². The summed E-state index contributed by atoms with van der Waals surface area (Å²) in [6.07, 6.45) is 1.55. The van der Waals surface area contributed by atoms with E-state index in [-0.39, 0.29) is 18.8 Å². The predicted octanol–water partition coefficient (Wildman–Crippen LogP) is 1.29. The number of hydrogen-bond acceptors (Lipinski definition) is 5. The summed E-state index contributed by atoms with van der Waals surface area (Å²) in [4.78, 5) is 11.7. The zero-order valence-electron chi connectivity index (χ0n) is 18.5. The van der Waals surface area contributed by atoms with Gasteiger partial charge in [0, 0.05) is 50.7 Å². The molecule has 3 N–H and O–H groups in total. The van der Waals surface area contributed by atoms with Crippen molar-refractivity contribution in [2.75, 3.05) is 25.5 Å². The molecule has 188 valence electrons. The summed E-state index contributed by atoms with van der Waals surface area (Å²) in [5.41, 5.74) is -2.05. The molecule has 34 heavy (non-hydrogen) atoms. The molecule has 1 aliphatic rings. The van der Waals surface area contributed by atoms with Crippen LogP contribution in [0.4, 0.5) is 18.9 Å². The Morgan fingerprint density at radius 3 is 2.41 bits per heavy atom. The molecule has 15 heteroatoms. The Bertz CT molecular complexity index is 1330. The molecule has 0 radical (unpaired) electrons. The highest BCUT2D eigenvalue weighted by atomic mass is 32.2. The fraction of sp³-hybridized carbons (Fsp3) is 0.421. The number of benzene rings is 1. The van der Waals surface area contributed by atoms with Crippen LogP contribution in [-0.4, -0.2) is 57.3 Å². The van der Waals surface area contributed by atoms with Crippen LogP contribution >= 0.6 is 0 Å². The minimum absolute atomic E-state index is 0.160. The van der Waals surface area contributed by atoms with Crippen molar-refractivity contribution in [1.82, 2.24) is 18.3 Å². The summed E-state index contributed by atoms with van der Waals surface area (Å²) in [5.74, 6) is -4.80. The predicted molar refractivity (Wildman–Crippen MR) is 117 cm³/mol. The van der Waals surface area contributed by atoms with Crippen LogP contribution in [0, 0.1) is 17.5 Å². The maximum Gasteiger partial charge on any atom is 0.279 e. The van der Waals surface area contributed by atoms with E-state index in [1.165, 1.54) is 21.0 Å². The van der Waals surface area contributed by atoms with Crippen molar-refractivity contribution in [1.29, 1.82) is 0 Å². The van der Waals surface area contributed by atoms with Crippen LogP contribution in [0.15, 0.2) is 29.3 Å². The number of aryl methyl sites for hydroxylation is 1. The van der Waals surface area contributed by atoms with E-state index in [1.54, 1.807) is 0 Å². The number of nitrogens with one attached hydrogen (secondary N) is 3. The van der Waals surface area contributed by atoms with Gasteiger partial charge in [-0.25, -0.2) is 31.0 Å². The van der Waals surface area contributed by atoms with Crippen LogP contribution < -0.4 is 14.8 Å². The highest BCUT2D eigenvalue weighted by Crippen LogP contribution is 2.27. The van der Waals surface area contributed by atoms with E-state index in [0.29, 0.717) is 18.9 Å². The second-order valence-electron chi connectivity index (χ2n) is 8.16. The Morgan fingerprint density at radius 1 is 1.12 bits per heavy atom. The van der Waals surface area contributed by atoms with Gasteiger partial charge in [-0.2, -0.15) is 12.7 Å². The second-order valence-corrected chi connectivity index (χ2v) is 11.7. The van der Waals surface area contributed by atoms with Gasteiger partial charge in [-0.15, -0.1) is 0 Å². The molecule has 0 bridgehead atoms. The minimum atomic E-state index is -4.52. The number of sulfonamides is 1. The largest absolute Gasteiger partial charge is 0.343 e. The third kappa shape index (κ3) is 5.27. The Balaban J connectivity index is 1.86. The van der Waals surface area contributed by atoms with Gasteiger partial charge in [0.05, 0.1) is 0 Å². The molecule has 0 spiro atoms. The number of nitrogens with zero attached hydrogens (tertiary/aromatic N) is 2. The van der Waals surface area contributed by atoms with Gasteiger partial charge in [0.2, 0.25) is 10.0 Å². The van der Waals surface area contributed by atoms with Crippen molar-refractivity contribution < 1.29 is 34.8 Å². The van der Waals surface area contributed by atoms with Gasteiger partial charge in [0.1, 0.15) is 10.6 Å². The lowest BCUT2D eigenvalue weighted by Gasteiger charge is -2.39. The standard InChI is InChI=1S/C19H24F3N5O5S2/c1-19(7-4-8-27(11-19)34(31,32)23-2)25-33(29,30)15-10-26(3)17(16(15)22)18(28)24-12-5-6-13(20)14(21)9-12/h5-6,9-10,23,25H,4,7-8,11H2,1-3H3,(H,24,28). The lowest BCUT2D eigenvalue weighted by Crippen LogP contribution is -2.59. The van der Waals surface area contributed by atoms with Crippen LogP contribution in [0.25, 0.3) is 0 Å². The molecule has 1 saturated heterocycles. The Morgan fingerprint density at radius 2 is 1.79 bits per heavy atom.